The lowest BCUT2D eigenvalue weighted by molar-refractivity contribution is -0.142. The van der Waals surface area contributed by atoms with Crippen LogP contribution >= 0.6 is 0 Å². The van der Waals surface area contributed by atoms with Crippen LogP contribution in [0.4, 0.5) is 0 Å². The van der Waals surface area contributed by atoms with E-state index < -0.39 is 0 Å². The van der Waals surface area contributed by atoms with Gasteiger partial charge in [-0.05, 0) is 68.2 Å². The molecule has 1 amide bonds. The van der Waals surface area contributed by atoms with Crippen LogP contribution in [0.25, 0.3) is 11.3 Å². The van der Waals surface area contributed by atoms with Gasteiger partial charge < -0.3 is 20.8 Å². The third kappa shape index (κ3) is 6.82. The van der Waals surface area contributed by atoms with Crippen molar-refractivity contribution in [3.63, 3.8) is 0 Å². The number of nitrogens with zero attached hydrogens (tertiary/aromatic N) is 1. The summed E-state index contributed by atoms with van der Waals surface area (Å²) in [7, 11) is 0. The molecule has 0 saturated heterocycles. The Morgan fingerprint density at radius 2 is 1.78 bits per heavy atom. The molecule has 0 spiro atoms. The van der Waals surface area contributed by atoms with Crippen molar-refractivity contribution in [2.45, 2.75) is 51.5 Å². The average molecular weight is 489 g/mol. The van der Waals surface area contributed by atoms with E-state index in [4.69, 9.17) is 10.5 Å². The van der Waals surface area contributed by atoms with Gasteiger partial charge in [0.1, 0.15) is 5.82 Å². The first-order valence-corrected chi connectivity index (χ1v) is 12.9. The predicted octanol–water partition coefficient (Wildman–Crippen LogP) is 4.35. The summed E-state index contributed by atoms with van der Waals surface area (Å²) in [6.45, 7) is 2.88. The molecule has 4 rings (SSSR count). The van der Waals surface area contributed by atoms with E-state index in [0.717, 1.165) is 53.9 Å². The van der Waals surface area contributed by atoms with Gasteiger partial charge in [-0.3, -0.25) is 9.59 Å². The van der Waals surface area contributed by atoms with Crippen LogP contribution in [-0.2, 0) is 27.2 Å². The molecule has 0 radical (unpaired) electrons. The lowest BCUT2D eigenvalue weighted by Gasteiger charge is -2.28. The van der Waals surface area contributed by atoms with Crippen LogP contribution in [-0.4, -0.2) is 35.0 Å². The highest BCUT2D eigenvalue weighted by Crippen LogP contribution is 2.29. The molecule has 1 aliphatic carbocycles. The van der Waals surface area contributed by atoms with E-state index in [2.05, 4.69) is 27.4 Å². The van der Waals surface area contributed by atoms with Gasteiger partial charge in [-0.25, -0.2) is 4.98 Å². The quantitative estimate of drug-likeness (QED) is 0.368. The number of aromatic amines is 1. The summed E-state index contributed by atoms with van der Waals surface area (Å²) in [5.74, 6) is 1.14. The maximum Gasteiger partial charge on any atom is 0.310 e. The van der Waals surface area contributed by atoms with Crippen LogP contribution in [0, 0.1) is 11.8 Å². The smallest absolute Gasteiger partial charge is 0.310 e. The third-order valence-corrected chi connectivity index (χ3v) is 6.99. The molecule has 1 aliphatic rings. The van der Waals surface area contributed by atoms with Crippen LogP contribution < -0.4 is 11.1 Å². The lowest BCUT2D eigenvalue weighted by atomic mass is 9.81. The highest BCUT2D eigenvalue weighted by Gasteiger charge is 2.28. The fourth-order valence-electron chi connectivity index (χ4n) is 4.86. The summed E-state index contributed by atoms with van der Waals surface area (Å²) in [6.07, 6.45) is 6.48. The molecule has 4 N–H and O–H groups in total. The number of H-pyrrole nitrogens is 1. The number of ether oxygens (including phenoxy) is 1. The van der Waals surface area contributed by atoms with Crippen molar-refractivity contribution in [3.05, 3.63) is 77.7 Å². The van der Waals surface area contributed by atoms with Gasteiger partial charge in [-0.1, -0.05) is 54.6 Å². The Morgan fingerprint density at radius 3 is 2.44 bits per heavy atom. The van der Waals surface area contributed by atoms with E-state index in [-0.39, 0.29) is 30.3 Å². The summed E-state index contributed by atoms with van der Waals surface area (Å²) in [6, 6.07) is 17.7. The topological polar surface area (TPSA) is 110 Å². The summed E-state index contributed by atoms with van der Waals surface area (Å²) in [4.78, 5) is 33.0. The Hall–Kier alpha value is -3.45. The Balaban J connectivity index is 1.48. The summed E-state index contributed by atoms with van der Waals surface area (Å²) in [5.41, 5.74) is 9.69. The van der Waals surface area contributed by atoms with Crippen molar-refractivity contribution in [2.75, 3.05) is 13.2 Å². The van der Waals surface area contributed by atoms with E-state index in [0.29, 0.717) is 25.5 Å². The minimum atomic E-state index is -0.260. The first-order valence-electron chi connectivity index (χ1n) is 12.9. The fourth-order valence-corrected chi connectivity index (χ4v) is 4.86. The lowest BCUT2D eigenvalue weighted by Crippen LogP contribution is -2.37. The number of esters is 1. The van der Waals surface area contributed by atoms with Crippen molar-refractivity contribution in [1.29, 1.82) is 0 Å². The number of rotatable bonds is 10. The average Bonchev–Trinajstić information content (AvgIpc) is 3.40. The van der Waals surface area contributed by atoms with Crippen molar-refractivity contribution in [1.82, 2.24) is 15.3 Å². The normalized spacial score (nSPS) is 18.4. The molecule has 3 aromatic rings. The van der Waals surface area contributed by atoms with Crippen LogP contribution in [0.15, 0.2) is 60.8 Å². The number of carbonyl (C=O) groups is 2. The number of imidazole rings is 1. The minimum absolute atomic E-state index is 0.0208. The van der Waals surface area contributed by atoms with Crippen LogP contribution in [0.2, 0.25) is 0 Å². The molecule has 36 heavy (non-hydrogen) atoms. The summed E-state index contributed by atoms with van der Waals surface area (Å²) < 4.78 is 5.03. The first-order chi connectivity index (χ1) is 17.6. The number of aromatic nitrogens is 2. The molecular weight excluding hydrogens is 452 g/mol. The second-order valence-electron chi connectivity index (χ2n) is 9.57. The monoisotopic (exact) mass is 488 g/mol. The van der Waals surface area contributed by atoms with Gasteiger partial charge in [0.2, 0.25) is 5.91 Å². The van der Waals surface area contributed by atoms with Crippen molar-refractivity contribution < 1.29 is 14.3 Å². The van der Waals surface area contributed by atoms with E-state index in [9.17, 15) is 9.59 Å². The second kappa shape index (κ2) is 12.5. The second-order valence-corrected chi connectivity index (χ2v) is 9.57. The molecular formula is C29H36N4O3. The van der Waals surface area contributed by atoms with Crippen molar-refractivity contribution in [3.8, 4) is 11.3 Å². The summed E-state index contributed by atoms with van der Waals surface area (Å²) in [5, 5.41) is 3.28. The standard InChI is InChI=1S/C29H36N4O3/c1-2-36-27(34)17-21-8-12-23(13-9-21)26-19-31-28(32-26)25(16-20-6-4-3-5-7-20)33-29(35)24-14-10-22(18-30)11-15-24/h3-9,12-13,19,22,24-25H,2,10-11,14-18,30H2,1H3,(H,31,32)(H,33,35)/t22?,24?,25-/m0/s1. The highest BCUT2D eigenvalue weighted by atomic mass is 16.5. The van der Waals surface area contributed by atoms with Gasteiger partial charge in [0.15, 0.2) is 0 Å². The van der Waals surface area contributed by atoms with Gasteiger partial charge >= 0.3 is 5.97 Å². The fraction of sp³-hybridized carbons (Fsp3) is 0.414. The largest absolute Gasteiger partial charge is 0.466 e. The van der Waals surface area contributed by atoms with Crippen molar-refractivity contribution >= 4 is 11.9 Å². The highest BCUT2D eigenvalue weighted by molar-refractivity contribution is 5.79. The van der Waals surface area contributed by atoms with Gasteiger partial charge in [0, 0.05) is 5.92 Å². The Morgan fingerprint density at radius 1 is 1.06 bits per heavy atom. The predicted molar refractivity (Wildman–Crippen MR) is 140 cm³/mol. The van der Waals surface area contributed by atoms with Crippen molar-refractivity contribution in [2.24, 2.45) is 17.6 Å². The molecule has 1 heterocycles. The zero-order valence-electron chi connectivity index (χ0n) is 20.9. The van der Waals surface area contributed by atoms with E-state index in [1.54, 1.807) is 13.1 Å². The third-order valence-electron chi connectivity index (χ3n) is 6.99. The number of benzene rings is 2. The number of hydrogen-bond donors (Lipinski definition) is 3. The number of nitrogens with one attached hydrogen (secondary N) is 2. The van der Waals surface area contributed by atoms with Crippen LogP contribution in [0.3, 0.4) is 0 Å². The Kier molecular flexibility index (Phi) is 8.90. The number of nitrogens with two attached hydrogens (primary N) is 1. The molecule has 1 atom stereocenters. The SMILES string of the molecule is CCOC(=O)Cc1ccc(-c2cnc([C@H](Cc3ccccc3)NC(=O)C3CCC(CN)CC3)[nH]2)cc1. The summed E-state index contributed by atoms with van der Waals surface area (Å²) >= 11 is 0. The molecule has 1 fully saturated rings. The molecule has 7 nitrogen and oxygen atoms in total. The Bertz CT molecular complexity index is 1120. The number of hydrogen-bond acceptors (Lipinski definition) is 5. The van der Waals surface area contributed by atoms with Gasteiger partial charge in [0.05, 0.1) is 31.0 Å². The molecule has 1 aromatic heterocycles. The number of carbonyl (C=O) groups excluding carboxylic acids is 2. The molecule has 7 heteroatoms. The van der Waals surface area contributed by atoms with Crippen LogP contribution in [0.5, 0.6) is 0 Å². The first kappa shape index (κ1) is 25.6. The Labute approximate surface area is 212 Å². The molecule has 0 aliphatic heterocycles. The molecule has 190 valence electrons. The molecule has 0 bridgehead atoms. The zero-order valence-corrected chi connectivity index (χ0v) is 20.9. The van der Waals surface area contributed by atoms with Gasteiger partial charge in [-0.2, -0.15) is 0 Å². The zero-order chi connectivity index (χ0) is 25.3. The maximum absolute atomic E-state index is 13.2. The number of amides is 1. The van der Waals surface area contributed by atoms with E-state index >= 15 is 0 Å². The molecule has 1 saturated carbocycles. The van der Waals surface area contributed by atoms with E-state index in [1.807, 2.05) is 42.5 Å². The molecule has 2 aromatic carbocycles. The minimum Gasteiger partial charge on any atom is -0.466 e. The maximum atomic E-state index is 13.2. The van der Waals surface area contributed by atoms with Gasteiger partial charge in [-0.15, -0.1) is 0 Å². The van der Waals surface area contributed by atoms with Gasteiger partial charge in [0.25, 0.3) is 0 Å². The van der Waals surface area contributed by atoms with Crippen LogP contribution in [0.1, 0.15) is 55.6 Å². The molecule has 0 unspecified atom stereocenters. The van der Waals surface area contributed by atoms with E-state index in [1.165, 1.54) is 0 Å².